The number of benzene rings is 1. The van der Waals surface area contributed by atoms with E-state index in [9.17, 15) is 4.79 Å². The van der Waals surface area contributed by atoms with Gasteiger partial charge in [0.1, 0.15) is 5.75 Å². The van der Waals surface area contributed by atoms with E-state index in [0.29, 0.717) is 13.0 Å². The van der Waals surface area contributed by atoms with Crippen LogP contribution in [-0.4, -0.2) is 24.6 Å². The van der Waals surface area contributed by atoms with E-state index >= 15 is 0 Å². The van der Waals surface area contributed by atoms with Crippen LogP contribution < -0.4 is 15.4 Å². The molecule has 18 heavy (non-hydrogen) atoms. The minimum absolute atomic E-state index is 0.0476. The molecule has 1 aromatic carbocycles. The van der Waals surface area contributed by atoms with Crippen LogP contribution in [0.2, 0.25) is 0 Å². The maximum absolute atomic E-state index is 11.7. The number of carbonyl (C=O) groups excluding carboxylic acids is 1. The summed E-state index contributed by atoms with van der Waals surface area (Å²) < 4.78 is 5.70. The first-order valence-electron chi connectivity index (χ1n) is 6.42. The molecule has 1 amide bonds. The highest BCUT2D eigenvalue weighted by atomic mass is 16.5. The van der Waals surface area contributed by atoms with Crippen molar-refractivity contribution in [2.24, 2.45) is 5.73 Å². The van der Waals surface area contributed by atoms with Gasteiger partial charge < -0.3 is 15.4 Å². The average Bonchev–Trinajstić information content (AvgIpc) is 2.69. The fraction of sp³-hybridized carbons (Fsp3) is 0.500. The van der Waals surface area contributed by atoms with Crippen molar-refractivity contribution in [3.63, 3.8) is 0 Å². The fourth-order valence-corrected chi connectivity index (χ4v) is 2.01. The summed E-state index contributed by atoms with van der Waals surface area (Å²) in [5.41, 5.74) is 6.67. The minimum atomic E-state index is -0.0476. The molecule has 2 N–H and O–H groups in total. The summed E-state index contributed by atoms with van der Waals surface area (Å²) in [5, 5.41) is 0. The van der Waals surface area contributed by atoms with Crippen LogP contribution in [0, 0.1) is 0 Å². The Balaban J connectivity index is 2.06. The standard InChI is InChI=1S/C14H20N2O2/c1-3-10(2)18-13-6-4-12(5-7-13)16-9-11(15)8-14(16)17/h4-7,10-11H,3,8-9,15H2,1-2H3. The summed E-state index contributed by atoms with van der Waals surface area (Å²) in [6.07, 6.45) is 1.62. The molecule has 0 bridgehead atoms. The number of nitrogens with zero attached hydrogens (tertiary/aromatic N) is 1. The predicted octanol–water partition coefficient (Wildman–Crippen LogP) is 1.93. The molecule has 2 atom stereocenters. The molecule has 1 saturated heterocycles. The molecule has 0 saturated carbocycles. The van der Waals surface area contributed by atoms with Crippen molar-refractivity contribution in [2.75, 3.05) is 11.4 Å². The van der Waals surface area contributed by atoms with E-state index < -0.39 is 0 Å². The van der Waals surface area contributed by atoms with E-state index in [-0.39, 0.29) is 18.1 Å². The topological polar surface area (TPSA) is 55.6 Å². The van der Waals surface area contributed by atoms with E-state index in [1.165, 1.54) is 0 Å². The van der Waals surface area contributed by atoms with Gasteiger partial charge in [0.05, 0.1) is 6.10 Å². The average molecular weight is 248 g/mol. The SMILES string of the molecule is CCC(C)Oc1ccc(N2CC(N)CC2=O)cc1. The molecule has 2 unspecified atom stereocenters. The predicted molar refractivity (Wildman–Crippen MR) is 71.8 cm³/mol. The highest BCUT2D eigenvalue weighted by molar-refractivity contribution is 5.96. The molecule has 1 aliphatic heterocycles. The Labute approximate surface area is 108 Å². The third-order valence-electron chi connectivity index (χ3n) is 3.22. The number of carbonyl (C=O) groups is 1. The summed E-state index contributed by atoms with van der Waals surface area (Å²) in [5.74, 6) is 0.933. The molecule has 1 aromatic rings. The van der Waals surface area contributed by atoms with Gasteiger partial charge in [-0.3, -0.25) is 4.79 Å². The van der Waals surface area contributed by atoms with Crippen LogP contribution in [0.5, 0.6) is 5.75 Å². The monoisotopic (exact) mass is 248 g/mol. The van der Waals surface area contributed by atoms with Crippen LogP contribution in [0.3, 0.4) is 0 Å². The third kappa shape index (κ3) is 2.82. The van der Waals surface area contributed by atoms with E-state index in [0.717, 1.165) is 17.9 Å². The molecule has 4 nitrogen and oxygen atoms in total. The van der Waals surface area contributed by atoms with Gasteiger partial charge in [0.15, 0.2) is 0 Å². The Morgan fingerprint density at radius 2 is 2.11 bits per heavy atom. The second-order valence-electron chi connectivity index (χ2n) is 4.80. The zero-order valence-electron chi connectivity index (χ0n) is 10.9. The molecule has 1 heterocycles. The summed E-state index contributed by atoms with van der Waals surface area (Å²) in [6, 6.07) is 7.58. The maximum atomic E-state index is 11.7. The molecule has 0 radical (unpaired) electrons. The number of anilines is 1. The van der Waals surface area contributed by atoms with Crippen LogP contribution in [0.15, 0.2) is 24.3 Å². The van der Waals surface area contributed by atoms with Crippen molar-refractivity contribution in [2.45, 2.75) is 38.8 Å². The Morgan fingerprint density at radius 1 is 1.44 bits per heavy atom. The molecular weight excluding hydrogens is 228 g/mol. The van der Waals surface area contributed by atoms with Crippen molar-refractivity contribution < 1.29 is 9.53 Å². The van der Waals surface area contributed by atoms with Crippen LogP contribution >= 0.6 is 0 Å². The zero-order chi connectivity index (χ0) is 13.1. The highest BCUT2D eigenvalue weighted by Crippen LogP contribution is 2.24. The van der Waals surface area contributed by atoms with E-state index in [1.54, 1.807) is 4.90 Å². The number of hydrogen-bond donors (Lipinski definition) is 1. The molecule has 4 heteroatoms. The van der Waals surface area contributed by atoms with Gasteiger partial charge >= 0.3 is 0 Å². The largest absolute Gasteiger partial charge is 0.491 e. The molecule has 98 valence electrons. The third-order valence-corrected chi connectivity index (χ3v) is 3.22. The van der Waals surface area contributed by atoms with Crippen molar-refractivity contribution in [3.05, 3.63) is 24.3 Å². The van der Waals surface area contributed by atoms with Gasteiger partial charge in [0.25, 0.3) is 0 Å². The number of amides is 1. The Kier molecular flexibility index (Phi) is 3.87. The van der Waals surface area contributed by atoms with Gasteiger partial charge in [-0.2, -0.15) is 0 Å². The summed E-state index contributed by atoms with van der Waals surface area (Å²) in [7, 11) is 0. The fourth-order valence-electron chi connectivity index (χ4n) is 2.01. The van der Waals surface area contributed by atoms with Crippen LogP contribution in [-0.2, 0) is 4.79 Å². The lowest BCUT2D eigenvalue weighted by molar-refractivity contribution is -0.117. The summed E-state index contributed by atoms with van der Waals surface area (Å²) in [4.78, 5) is 13.4. The van der Waals surface area contributed by atoms with Gasteiger partial charge in [-0.1, -0.05) is 6.92 Å². The van der Waals surface area contributed by atoms with Crippen LogP contribution in [0.1, 0.15) is 26.7 Å². The van der Waals surface area contributed by atoms with Crippen LogP contribution in [0.4, 0.5) is 5.69 Å². The molecule has 1 aliphatic rings. The zero-order valence-corrected chi connectivity index (χ0v) is 10.9. The summed E-state index contributed by atoms with van der Waals surface area (Å²) >= 11 is 0. The van der Waals surface area contributed by atoms with E-state index in [1.807, 2.05) is 31.2 Å². The van der Waals surface area contributed by atoms with Crippen LogP contribution in [0.25, 0.3) is 0 Å². The molecular formula is C14H20N2O2. The first kappa shape index (κ1) is 12.9. The Bertz CT molecular complexity index is 416. The minimum Gasteiger partial charge on any atom is -0.491 e. The highest BCUT2D eigenvalue weighted by Gasteiger charge is 2.27. The number of hydrogen-bond acceptors (Lipinski definition) is 3. The quantitative estimate of drug-likeness (QED) is 0.885. The lowest BCUT2D eigenvalue weighted by Gasteiger charge is -2.17. The number of rotatable bonds is 4. The van der Waals surface area contributed by atoms with Crippen molar-refractivity contribution in [1.82, 2.24) is 0 Å². The van der Waals surface area contributed by atoms with Gasteiger partial charge in [-0.15, -0.1) is 0 Å². The van der Waals surface area contributed by atoms with E-state index in [4.69, 9.17) is 10.5 Å². The van der Waals surface area contributed by atoms with E-state index in [2.05, 4.69) is 6.92 Å². The lowest BCUT2D eigenvalue weighted by atomic mass is 10.2. The first-order valence-corrected chi connectivity index (χ1v) is 6.42. The van der Waals surface area contributed by atoms with Crippen molar-refractivity contribution >= 4 is 11.6 Å². The summed E-state index contributed by atoms with van der Waals surface area (Å²) in [6.45, 7) is 4.73. The second-order valence-corrected chi connectivity index (χ2v) is 4.80. The lowest BCUT2D eigenvalue weighted by Crippen LogP contribution is -2.27. The van der Waals surface area contributed by atoms with Gasteiger partial charge in [0, 0.05) is 24.7 Å². The number of ether oxygens (including phenoxy) is 1. The van der Waals surface area contributed by atoms with Gasteiger partial charge in [0.2, 0.25) is 5.91 Å². The molecule has 1 fully saturated rings. The maximum Gasteiger partial charge on any atom is 0.228 e. The van der Waals surface area contributed by atoms with Crippen molar-refractivity contribution in [1.29, 1.82) is 0 Å². The van der Waals surface area contributed by atoms with Gasteiger partial charge in [-0.25, -0.2) is 0 Å². The molecule has 0 aromatic heterocycles. The molecule has 0 spiro atoms. The Hall–Kier alpha value is -1.55. The number of nitrogens with two attached hydrogens (primary N) is 1. The smallest absolute Gasteiger partial charge is 0.228 e. The molecule has 0 aliphatic carbocycles. The van der Waals surface area contributed by atoms with Gasteiger partial charge in [-0.05, 0) is 37.6 Å². The normalized spacial score (nSPS) is 21.2. The first-order chi connectivity index (χ1) is 8.60. The second kappa shape index (κ2) is 5.40. The van der Waals surface area contributed by atoms with Crippen molar-refractivity contribution in [3.8, 4) is 5.75 Å². The Morgan fingerprint density at radius 3 is 2.61 bits per heavy atom. The molecule has 2 rings (SSSR count).